The van der Waals surface area contributed by atoms with E-state index in [9.17, 15) is 13.6 Å². The van der Waals surface area contributed by atoms with Crippen LogP contribution in [0.5, 0.6) is 0 Å². The number of hydrogen-bond acceptors (Lipinski definition) is 6. The molecule has 10 heteroatoms. The van der Waals surface area contributed by atoms with Gasteiger partial charge >= 0.3 is 0 Å². The Bertz CT molecular complexity index is 1270. The number of nitrogens with zero attached hydrogens (tertiary/aromatic N) is 3. The van der Waals surface area contributed by atoms with E-state index in [1.165, 1.54) is 0 Å². The second-order valence-electron chi connectivity index (χ2n) is 7.01. The molecule has 1 unspecified atom stereocenters. The van der Waals surface area contributed by atoms with Gasteiger partial charge in [-0.05, 0) is 35.4 Å². The van der Waals surface area contributed by atoms with Gasteiger partial charge in [-0.1, -0.05) is 54.6 Å². The highest BCUT2D eigenvalue weighted by Crippen LogP contribution is 2.34. The average Bonchev–Trinajstić information content (AvgIpc) is 3.27. The molecule has 1 heterocycles. The van der Waals surface area contributed by atoms with Gasteiger partial charge in [0.05, 0.1) is 34.2 Å². The third kappa shape index (κ3) is 5.45. The molecule has 1 aromatic heterocycles. The number of rotatable bonds is 8. The van der Waals surface area contributed by atoms with Gasteiger partial charge in [-0.15, -0.1) is 11.6 Å². The van der Waals surface area contributed by atoms with E-state index in [0.29, 0.717) is 23.4 Å². The summed E-state index contributed by atoms with van der Waals surface area (Å²) < 4.78 is 34.4. The topological polar surface area (TPSA) is 98.2 Å². The summed E-state index contributed by atoms with van der Waals surface area (Å²) in [5.74, 6) is -0.155. The van der Waals surface area contributed by atoms with Gasteiger partial charge in [-0.3, -0.25) is 13.3 Å². The molecule has 168 valence electrons. The van der Waals surface area contributed by atoms with E-state index in [1.54, 1.807) is 42.5 Å². The van der Waals surface area contributed by atoms with Crippen LogP contribution in [0, 0.1) is 0 Å². The minimum atomic E-state index is -2.77. The molecular formula is C23H18ClN4O3S2-. The minimum Gasteiger partial charge on any atom is -0.755 e. The molecule has 0 saturated carbocycles. The van der Waals surface area contributed by atoms with E-state index in [4.69, 9.17) is 11.6 Å². The molecule has 0 aliphatic carbocycles. The lowest BCUT2D eigenvalue weighted by Gasteiger charge is -2.27. The summed E-state index contributed by atoms with van der Waals surface area (Å²) in [6, 6.07) is 23.3. The number of hydrogen-bond donors (Lipinski definition) is 1. The molecule has 4 aromatic rings. The van der Waals surface area contributed by atoms with Crippen LogP contribution < -0.4 is 9.62 Å². The lowest BCUT2D eigenvalue weighted by molar-refractivity contribution is 0.102. The maximum atomic E-state index is 13.1. The van der Waals surface area contributed by atoms with Crippen LogP contribution in [-0.4, -0.2) is 23.4 Å². The number of para-hydroxylation sites is 1. The van der Waals surface area contributed by atoms with Gasteiger partial charge in [-0.25, -0.2) is 0 Å². The van der Waals surface area contributed by atoms with Gasteiger partial charge in [0.25, 0.3) is 5.91 Å². The standard InChI is InChI=1S/C23H19ClN4O3S2/c24-15-17-11-12-19(23(29)25-18-9-5-2-6-10-18)21(14-17)28(33(30)31)22-20(26-32-27-22)13-16-7-3-1-4-8-16/h1-12,14H,13,15H2,(H,25,29)(H,30,31)/p-1. The van der Waals surface area contributed by atoms with Crippen molar-refractivity contribution in [2.24, 2.45) is 0 Å². The predicted molar refractivity (Wildman–Crippen MR) is 131 cm³/mol. The van der Waals surface area contributed by atoms with Crippen molar-refractivity contribution in [3.05, 3.63) is 101 Å². The van der Waals surface area contributed by atoms with Crippen LogP contribution >= 0.6 is 23.3 Å². The molecule has 0 bridgehead atoms. The Morgan fingerprint density at radius 3 is 2.36 bits per heavy atom. The van der Waals surface area contributed by atoms with E-state index in [0.717, 1.165) is 21.6 Å². The van der Waals surface area contributed by atoms with Gasteiger partial charge in [0.15, 0.2) is 5.82 Å². The zero-order valence-electron chi connectivity index (χ0n) is 17.2. The first-order valence-corrected chi connectivity index (χ1v) is 12.2. The Hall–Kier alpha value is -3.11. The maximum Gasteiger partial charge on any atom is 0.257 e. The first-order valence-electron chi connectivity index (χ1n) is 9.87. The monoisotopic (exact) mass is 497 g/mol. The van der Waals surface area contributed by atoms with E-state index < -0.39 is 17.2 Å². The average molecular weight is 498 g/mol. The van der Waals surface area contributed by atoms with Gasteiger partial charge in [0.1, 0.15) is 5.69 Å². The van der Waals surface area contributed by atoms with Crippen LogP contribution in [0.1, 0.15) is 27.2 Å². The van der Waals surface area contributed by atoms with Crippen molar-refractivity contribution in [3.8, 4) is 0 Å². The molecule has 0 spiro atoms. The summed E-state index contributed by atoms with van der Waals surface area (Å²) in [6.07, 6.45) is 0.390. The van der Waals surface area contributed by atoms with Crippen LogP contribution in [0.4, 0.5) is 17.2 Å². The molecule has 4 rings (SSSR count). The van der Waals surface area contributed by atoms with Gasteiger partial charge in [0, 0.05) is 18.0 Å². The van der Waals surface area contributed by atoms with Crippen molar-refractivity contribution >= 4 is 57.7 Å². The van der Waals surface area contributed by atoms with Gasteiger partial charge in [0.2, 0.25) is 0 Å². The van der Waals surface area contributed by atoms with Crippen molar-refractivity contribution in [3.63, 3.8) is 0 Å². The minimum absolute atomic E-state index is 0.150. The van der Waals surface area contributed by atoms with Crippen molar-refractivity contribution in [2.75, 3.05) is 9.62 Å². The molecule has 7 nitrogen and oxygen atoms in total. The molecule has 0 aliphatic heterocycles. The first kappa shape index (κ1) is 23.1. The number of halogens is 1. The van der Waals surface area contributed by atoms with Crippen LogP contribution in [0.25, 0.3) is 0 Å². The number of anilines is 3. The molecule has 0 aliphatic rings. The highest BCUT2D eigenvalue weighted by Gasteiger charge is 2.24. The number of carbonyl (C=O) groups excluding carboxylic acids is 1. The van der Waals surface area contributed by atoms with Crippen LogP contribution in [-0.2, 0) is 23.6 Å². The summed E-state index contributed by atoms with van der Waals surface area (Å²) >= 11 is 4.15. The zero-order valence-corrected chi connectivity index (χ0v) is 19.6. The Kier molecular flexibility index (Phi) is 7.46. The van der Waals surface area contributed by atoms with Crippen molar-refractivity contribution in [2.45, 2.75) is 12.3 Å². The molecule has 0 radical (unpaired) electrons. The molecule has 0 saturated heterocycles. The van der Waals surface area contributed by atoms with Crippen molar-refractivity contribution in [1.29, 1.82) is 0 Å². The van der Waals surface area contributed by atoms with Crippen LogP contribution in [0.3, 0.4) is 0 Å². The maximum absolute atomic E-state index is 13.1. The third-order valence-electron chi connectivity index (χ3n) is 4.80. The lowest BCUT2D eigenvalue weighted by Crippen LogP contribution is -2.25. The predicted octanol–water partition coefficient (Wildman–Crippen LogP) is 5.05. The van der Waals surface area contributed by atoms with Gasteiger partial charge < -0.3 is 9.87 Å². The summed E-state index contributed by atoms with van der Waals surface area (Å²) in [5.41, 5.74) is 3.00. The Labute approximate surface area is 202 Å². The molecule has 1 amide bonds. The number of benzene rings is 3. The summed E-state index contributed by atoms with van der Waals surface area (Å²) in [6.45, 7) is 0. The van der Waals surface area contributed by atoms with E-state index in [-0.39, 0.29) is 22.9 Å². The fraction of sp³-hybridized carbons (Fsp3) is 0.0870. The Morgan fingerprint density at radius 2 is 1.70 bits per heavy atom. The third-order valence-corrected chi connectivity index (χ3v) is 6.34. The number of carbonyl (C=O) groups is 1. The second kappa shape index (κ2) is 10.7. The molecule has 33 heavy (non-hydrogen) atoms. The van der Waals surface area contributed by atoms with E-state index in [1.807, 2.05) is 36.4 Å². The smallest absolute Gasteiger partial charge is 0.257 e. The number of alkyl halides is 1. The van der Waals surface area contributed by atoms with E-state index in [2.05, 4.69) is 14.1 Å². The van der Waals surface area contributed by atoms with Crippen molar-refractivity contribution in [1.82, 2.24) is 8.75 Å². The number of amides is 1. The lowest BCUT2D eigenvalue weighted by atomic mass is 10.1. The zero-order chi connectivity index (χ0) is 23.2. The Morgan fingerprint density at radius 1 is 1.00 bits per heavy atom. The number of nitrogens with one attached hydrogen (secondary N) is 1. The first-order chi connectivity index (χ1) is 16.1. The molecular weight excluding hydrogens is 480 g/mol. The summed E-state index contributed by atoms with van der Waals surface area (Å²) in [4.78, 5) is 13.1. The fourth-order valence-corrected chi connectivity index (χ4v) is 4.63. The largest absolute Gasteiger partial charge is 0.755 e. The van der Waals surface area contributed by atoms with Gasteiger partial charge in [-0.2, -0.15) is 8.75 Å². The Balaban J connectivity index is 1.76. The normalized spacial score (nSPS) is 11.7. The highest BCUT2D eigenvalue weighted by atomic mass is 35.5. The van der Waals surface area contributed by atoms with Crippen LogP contribution in [0.15, 0.2) is 78.9 Å². The van der Waals surface area contributed by atoms with Crippen LogP contribution in [0.2, 0.25) is 0 Å². The number of aromatic nitrogens is 2. The molecule has 1 N–H and O–H groups in total. The second-order valence-corrected chi connectivity index (χ2v) is 8.61. The fourth-order valence-electron chi connectivity index (χ4n) is 3.26. The molecule has 3 aromatic carbocycles. The summed E-state index contributed by atoms with van der Waals surface area (Å²) in [5, 5.41) is 2.80. The summed E-state index contributed by atoms with van der Waals surface area (Å²) in [7, 11) is 0. The van der Waals surface area contributed by atoms with E-state index >= 15 is 0 Å². The molecule has 0 fully saturated rings. The van der Waals surface area contributed by atoms with Crippen molar-refractivity contribution < 1.29 is 13.6 Å². The highest BCUT2D eigenvalue weighted by molar-refractivity contribution is 7.81. The molecule has 1 atom stereocenters. The SMILES string of the molecule is O=C(Nc1ccccc1)c1ccc(CCl)cc1N(c1nsnc1Cc1ccccc1)S(=O)[O-]. The quantitative estimate of drug-likeness (QED) is 0.271.